The van der Waals surface area contributed by atoms with Gasteiger partial charge in [-0.1, -0.05) is 11.6 Å². The van der Waals surface area contributed by atoms with Crippen molar-refractivity contribution in [2.75, 3.05) is 19.0 Å². The number of amides is 1. The Kier molecular flexibility index (Phi) is 5.94. The molecule has 6 heteroatoms. The average molecular weight is 383 g/mol. The van der Waals surface area contributed by atoms with Gasteiger partial charge < -0.3 is 14.8 Å². The largest absolute Gasteiger partial charge is 0.496 e. The average Bonchev–Trinajstić information content (AvgIpc) is 2.69. The fraction of sp³-hybridized carbons (Fsp3) is 0.143. The SMILES string of the molecule is CCOc1ccc(NC(=O)c2ccc(-c3ncccc3Cl)c(OC)c2)cc1. The third kappa shape index (κ3) is 4.38. The van der Waals surface area contributed by atoms with Crippen LogP contribution in [0.4, 0.5) is 5.69 Å². The minimum Gasteiger partial charge on any atom is -0.496 e. The maximum Gasteiger partial charge on any atom is 0.255 e. The summed E-state index contributed by atoms with van der Waals surface area (Å²) in [5.74, 6) is 1.04. The standard InChI is InChI=1S/C21H19ClN2O3/c1-3-27-16-9-7-15(8-10-16)24-21(25)14-6-11-17(19(13-14)26-2)20-18(22)5-4-12-23-20/h4-13H,3H2,1-2H3,(H,24,25). The van der Waals surface area contributed by atoms with Crippen LogP contribution in [-0.4, -0.2) is 24.6 Å². The highest BCUT2D eigenvalue weighted by molar-refractivity contribution is 6.33. The molecule has 0 aliphatic carbocycles. The van der Waals surface area contributed by atoms with Gasteiger partial charge in [-0.3, -0.25) is 9.78 Å². The molecule has 3 rings (SSSR count). The summed E-state index contributed by atoms with van der Waals surface area (Å²) in [6, 6.07) is 15.9. The number of carbonyl (C=O) groups excluding carboxylic acids is 1. The van der Waals surface area contributed by atoms with Gasteiger partial charge in [0.05, 0.1) is 24.4 Å². The van der Waals surface area contributed by atoms with E-state index < -0.39 is 0 Å². The molecule has 1 aromatic heterocycles. The number of nitrogens with one attached hydrogen (secondary N) is 1. The summed E-state index contributed by atoms with van der Waals surface area (Å²) in [6.45, 7) is 2.52. The van der Waals surface area contributed by atoms with Gasteiger partial charge in [-0.15, -0.1) is 0 Å². The zero-order chi connectivity index (χ0) is 19.2. The predicted molar refractivity (Wildman–Crippen MR) is 107 cm³/mol. The third-order valence-corrected chi connectivity index (χ3v) is 4.21. The Balaban J connectivity index is 1.82. The topological polar surface area (TPSA) is 60.5 Å². The van der Waals surface area contributed by atoms with Crippen LogP contribution in [0.1, 0.15) is 17.3 Å². The fourth-order valence-electron chi connectivity index (χ4n) is 2.62. The van der Waals surface area contributed by atoms with Crippen LogP contribution in [0, 0.1) is 0 Å². The zero-order valence-electron chi connectivity index (χ0n) is 15.0. The van der Waals surface area contributed by atoms with Gasteiger partial charge in [-0.2, -0.15) is 0 Å². The quantitative estimate of drug-likeness (QED) is 0.647. The number of ether oxygens (including phenoxy) is 2. The van der Waals surface area contributed by atoms with Crippen molar-refractivity contribution < 1.29 is 14.3 Å². The third-order valence-electron chi connectivity index (χ3n) is 3.90. The van der Waals surface area contributed by atoms with Gasteiger partial charge in [0.2, 0.25) is 0 Å². The molecule has 138 valence electrons. The molecule has 0 unspecified atom stereocenters. The fourth-order valence-corrected chi connectivity index (χ4v) is 2.84. The van der Waals surface area contributed by atoms with Crippen molar-refractivity contribution in [2.24, 2.45) is 0 Å². The highest BCUT2D eigenvalue weighted by Gasteiger charge is 2.14. The lowest BCUT2D eigenvalue weighted by Gasteiger charge is -2.12. The number of carbonyl (C=O) groups is 1. The number of hydrogen-bond acceptors (Lipinski definition) is 4. The summed E-state index contributed by atoms with van der Waals surface area (Å²) >= 11 is 6.22. The Labute approximate surface area is 162 Å². The van der Waals surface area contributed by atoms with Crippen LogP contribution >= 0.6 is 11.6 Å². The minimum atomic E-state index is -0.240. The molecule has 1 N–H and O–H groups in total. The van der Waals surface area contributed by atoms with Gasteiger partial charge in [0, 0.05) is 23.0 Å². The van der Waals surface area contributed by atoms with Crippen LogP contribution in [0.5, 0.6) is 11.5 Å². The molecule has 3 aromatic rings. The van der Waals surface area contributed by atoms with Crippen molar-refractivity contribution in [3.05, 3.63) is 71.4 Å². The molecule has 0 saturated carbocycles. The van der Waals surface area contributed by atoms with Gasteiger partial charge >= 0.3 is 0 Å². The van der Waals surface area contributed by atoms with Gasteiger partial charge in [0.1, 0.15) is 11.5 Å². The molecule has 0 aliphatic rings. The van der Waals surface area contributed by atoms with Crippen LogP contribution in [0.3, 0.4) is 0 Å². The minimum absolute atomic E-state index is 0.240. The molecule has 2 aromatic carbocycles. The lowest BCUT2D eigenvalue weighted by Crippen LogP contribution is -2.12. The number of hydrogen-bond donors (Lipinski definition) is 1. The highest BCUT2D eigenvalue weighted by Crippen LogP contribution is 2.33. The summed E-state index contributed by atoms with van der Waals surface area (Å²) in [5, 5.41) is 3.37. The van der Waals surface area contributed by atoms with E-state index in [-0.39, 0.29) is 5.91 Å². The second-order valence-electron chi connectivity index (χ2n) is 5.66. The summed E-state index contributed by atoms with van der Waals surface area (Å²) in [7, 11) is 1.55. The number of benzene rings is 2. The first-order valence-corrected chi connectivity index (χ1v) is 8.83. The van der Waals surface area contributed by atoms with Gasteiger partial charge in [-0.25, -0.2) is 0 Å². The van der Waals surface area contributed by atoms with E-state index in [9.17, 15) is 4.79 Å². The predicted octanol–water partition coefficient (Wildman–Crippen LogP) is 5.06. The second-order valence-corrected chi connectivity index (χ2v) is 6.07. The molecule has 0 saturated heterocycles. The van der Waals surface area contributed by atoms with E-state index >= 15 is 0 Å². The Bertz CT molecular complexity index is 942. The Morgan fingerprint density at radius 3 is 2.59 bits per heavy atom. The molecule has 1 heterocycles. The van der Waals surface area contributed by atoms with E-state index in [0.29, 0.717) is 34.3 Å². The van der Waals surface area contributed by atoms with E-state index in [0.717, 1.165) is 11.3 Å². The van der Waals surface area contributed by atoms with Crippen molar-refractivity contribution in [3.63, 3.8) is 0 Å². The van der Waals surface area contributed by atoms with Crippen molar-refractivity contribution in [3.8, 4) is 22.8 Å². The van der Waals surface area contributed by atoms with Crippen molar-refractivity contribution in [1.29, 1.82) is 0 Å². The lowest BCUT2D eigenvalue weighted by molar-refractivity contribution is 0.102. The van der Waals surface area contributed by atoms with Crippen LogP contribution in [0.15, 0.2) is 60.8 Å². The number of halogens is 1. The first-order valence-electron chi connectivity index (χ1n) is 8.45. The monoisotopic (exact) mass is 382 g/mol. The Morgan fingerprint density at radius 1 is 1.15 bits per heavy atom. The summed E-state index contributed by atoms with van der Waals surface area (Å²) in [6.07, 6.45) is 1.66. The molecule has 0 aliphatic heterocycles. The summed E-state index contributed by atoms with van der Waals surface area (Å²) in [4.78, 5) is 16.9. The molecular weight excluding hydrogens is 364 g/mol. The molecule has 0 radical (unpaired) electrons. The normalized spacial score (nSPS) is 10.3. The Hall–Kier alpha value is -3.05. The van der Waals surface area contributed by atoms with Gasteiger partial charge in [0.15, 0.2) is 0 Å². The van der Waals surface area contributed by atoms with Gasteiger partial charge in [0.25, 0.3) is 5.91 Å². The lowest BCUT2D eigenvalue weighted by atomic mass is 10.1. The number of rotatable bonds is 6. The number of anilines is 1. The summed E-state index contributed by atoms with van der Waals surface area (Å²) < 4.78 is 10.8. The maximum atomic E-state index is 12.6. The highest BCUT2D eigenvalue weighted by atomic mass is 35.5. The number of methoxy groups -OCH3 is 1. The first-order chi connectivity index (χ1) is 13.1. The smallest absolute Gasteiger partial charge is 0.255 e. The molecule has 1 amide bonds. The number of pyridine rings is 1. The van der Waals surface area contributed by atoms with Crippen LogP contribution in [0.2, 0.25) is 5.02 Å². The molecule has 5 nitrogen and oxygen atoms in total. The van der Waals surface area contributed by atoms with E-state index in [1.54, 1.807) is 55.8 Å². The van der Waals surface area contributed by atoms with E-state index in [4.69, 9.17) is 21.1 Å². The van der Waals surface area contributed by atoms with Crippen LogP contribution < -0.4 is 14.8 Å². The molecule has 0 atom stereocenters. The van der Waals surface area contributed by atoms with Crippen LogP contribution in [0.25, 0.3) is 11.3 Å². The van der Waals surface area contributed by atoms with Crippen LogP contribution in [-0.2, 0) is 0 Å². The zero-order valence-corrected chi connectivity index (χ0v) is 15.8. The van der Waals surface area contributed by atoms with Gasteiger partial charge in [-0.05, 0) is 61.5 Å². The van der Waals surface area contributed by atoms with Crippen molar-refractivity contribution in [1.82, 2.24) is 4.98 Å². The second kappa shape index (κ2) is 8.56. The summed E-state index contributed by atoms with van der Waals surface area (Å²) in [5.41, 5.74) is 2.48. The molecule has 0 fully saturated rings. The van der Waals surface area contributed by atoms with E-state index in [2.05, 4.69) is 10.3 Å². The Morgan fingerprint density at radius 2 is 1.93 bits per heavy atom. The molecular formula is C21H19ClN2O3. The van der Waals surface area contributed by atoms with Crippen molar-refractivity contribution in [2.45, 2.75) is 6.92 Å². The number of aromatic nitrogens is 1. The van der Waals surface area contributed by atoms with Crippen molar-refractivity contribution >= 4 is 23.2 Å². The van der Waals surface area contributed by atoms with E-state index in [1.165, 1.54) is 0 Å². The molecule has 27 heavy (non-hydrogen) atoms. The molecule has 0 spiro atoms. The number of nitrogens with zero attached hydrogens (tertiary/aromatic N) is 1. The maximum absolute atomic E-state index is 12.6. The molecule has 0 bridgehead atoms. The first kappa shape index (κ1) is 18.7. The van der Waals surface area contributed by atoms with E-state index in [1.807, 2.05) is 19.1 Å².